The zero-order valence-electron chi connectivity index (χ0n) is 9.64. The van der Waals surface area contributed by atoms with E-state index in [2.05, 4.69) is 0 Å². The van der Waals surface area contributed by atoms with Crippen molar-refractivity contribution in [3.8, 4) is 0 Å². The summed E-state index contributed by atoms with van der Waals surface area (Å²) in [6, 6.07) is 8.46. The second-order valence-electron chi connectivity index (χ2n) is 4.16. The van der Waals surface area contributed by atoms with Gasteiger partial charge in [0.25, 0.3) is 10.0 Å². The average molecular weight is 334 g/mol. The van der Waals surface area contributed by atoms with Crippen LogP contribution in [0.2, 0.25) is 9.36 Å². The molecule has 0 atom stereocenters. The van der Waals surface area contributed by atoms with Gasteiger partial charge in [-0.05, 0) is 36.2 Å². The molecule has 7 heteroatoms. The number of benzene rings is 1. The number of halogens is 2. The maximum atomic E-state index is 12.6. The van der Waals surface area contributed by atoms with Crippen LogP contribution in [0, 0.1) is 0 Å². The number of fused-ring (bicyclic) bond motifs is 1. The topological polar surface area (TPSA) is 37.4 Å². The minimum Gasteiger partial charge on any atom is -0.265 e. The maximum absolute atomic E-state index is 12.6. The molecule has 0 saturated carbocycles. The Hall–Kier alpha value is -0.750. The molecule has 0 fully saturated rings. The summed E-state index contributed by atoms with van der Waals surface area (Å²) < 4.78 is 27.2. The summed E-state index contributed by atoms with van der Waals surface area (Å²) in [6.45, 7) is 0.438. The molecule has 2 heterocycles. The first kappa shape index (κ1) is 13.2. The van der Waals surface area contributed by atoms with E-state index in [1.807, 2.05) is 6.07 Å². The van der Waals surface area contributed by atoms with E-state index < -0.39 is 10.0 Å². The van der Waals surface area contributed by atoms with Crippen molar-refractivity contribution < 1.29 is 8.42 Å². The van der Waals surface area contributed by atoms with Crippen LogP contribution in [-0.4, -0.2) is 15.0 Å². The second kappa shape index (κ2) is 4.66. The molecule has 3 rings (SSSR count). The van der Waals surface area contributed by atoms with Crippen molar-refractivity contribution in [2.75, 3.05) is 10.8 Å². The molecule has 0 aliphatic carbocycles. The van der Waals surface area contributed by atoms with Crippen LogP contribution in [0.25, 0.3) is 0 Å². The Morgan fingerprint density at radius 2 is 1.95 bits per heavy atom. The highest BCUT2D eigenvalue weighted by Gasteiger charge is 2.31. The van der Waals surface area contributed by atoms with E-state index in [4.69, 9.17) is 23.2 Å². The predicted molar refractivity (Wildman–Crippen MR) is 79.0 cm³/mol. The van der Waals surface area contributed by atoms with Crippen LogP contribution in [-0.2, 0) is 16.4 Å². The lowest BCUT2D eigenvalue weighted by molar-refractivity contribution is 0.594. The first-order valence-corrected chi connectivity index (χ1v) is 8.56. The molecule has 0 saturated heterocycles. The van der Waals surface area contributed by atoms with E-state index in [-0.39, 0.29) is 4.21 Å². The van der Waals surface area contributed by atoms with Gasteiger partial charge in [0.15, 0.2) is 0 Å². The molecule has 0 N–H and O–H groups in total. The Labute approximate surface area is 125 Å². The van der Waals surface area contributed by atoms with Crippen molar-refractivity contribution in [2.45, 2.75) is 10.6 Å². The highest BCUT2D eigenvalue weighted by molar-refractivity contribution is 7.94. The highest BCUT2D eigenvalue weighted by Crippen LogP contribution is 2.37. The van der Waals surface area contributed by atoms with Gasteiger partial charge in [0.05, 0.1) is 10.0 Å². The molecule has 2 aromatic rings. The van der Waals surface area contributed by atoms with Gasteiger partial charge in [-0.15, -0.1) is 11.3 Å². The van der Waals surface area contributed by atoms with E-state index >= 15 is 0 Å². The van der Waals surface area contributed by atoms with Crippen molar-refractivity contribution in [2.24, 2.45) is 0 Å². The van der Waals surface area contributed by atoms with E-state index in [1.54, 1.807) is 18.2 Å². The first-order chi connectivity index (χ1) is 8.98. The first-order valence-electron chi connectivity index (χ1n) is 5.55. The lowest BCUT2D eigenvalue weighted by Gasteiger charge is -2.18. The molecule has 1 aliphatic rings. The Balaban J connectivity index is 2.08. The number of hydrogen-bond donors (Lipinski definition) is 0. The van der Waals surface area contributed by atoms with E-state index in [0.29, 0.717) is 28.0 Å². The van der Waals surface area contributed by atoms with Crippen molar-refractivity contribution in [1.29, 1.82) is 0 Å². The molecular weight excluding hydrogens is 325 g/mol. The summed E-state index contributed by atoms with van der Waals surface area (Å²) >= 11 is 12.8. The smallest absolute Gasteiger partial charge is 0.265 e. The molecule has 0 radical (unpaired) electrons. The normalized spacial score (nSPS) is 14.7. The lowest BCUT2D eigenvalue weighted by atomic mass is 10.2. The Bertz CT molecular complexity index is 740. The van der Waals surface area contributed by atoms with E-state index in [1.165, 1.54) is 10.4 Å². The summed E-state index contributed by atoms with van der Waals surface area (Å²) in [5.74, 6) is 0. The minimum absolute atomic E-state index is 0.255. The zero-order chi connectivity index (χ0) is 13.6. The van der Waals surface area contributed by atoms with Crippen LogP contribution >= 0.6 is 34.5 Å². The quantitative estimate of drug-likeness (QED) is 0.838. The van der Waals surface area contributed by atoms with Crippen LogP contribution in [0.15, 0.2) is 34.5 Å². The van der Waals surface area contributed by atoms with Gasteiger partial charge in [-0.1, -0.05) is 29.3 Å². The van der Waals surface area contributed by atoms with Crippen LogP contribution in [0.5, 0.6) is 0 Å². The highest BCUT2D eigenvalue weighted by atomic mass is 35.5. The Morgan fingerprint density at radius 1 is 1.16 bits per heavy atom. The van der Waals surface area contributed by atoms with Crippen molar-refractivity contribution >= 4 is 50.2 Å². The van der Waals surface area contributed by atoms with Crippen molar-refractivity contribution in [1.82, 2.24) is 0 Å². The fourth-order valence-electron chi connectivity index (χ4n) is 2.12. The standard InChI is InChI=1S/C12H9Cl2NO2S2/c13-9-2-1-8-5-6-15(10(8)7-9)19(16,17)12-4-3-11(14)18-12/h1-4,7H,5-6H2. The maximum Gasteiger partial charge on any atom is 0.273 e. The summed E-state index contributed by atoms with van der Waals surface area (Å²) in [7, 11) is -3.54. The van der Waals surface area contributed by atoms with Gasteiger partial charge in [-0.3, -0.25) is 4.31 Å². The third kappa shape index (κ3) is 2.25. The van der Waals surface area contributed by atoms with Gasteiger partial charge < -0.3 is 0 Å². The zero-order valence-corrected chi connectivity index (χ0v) is 12.8. The third-order valence-corrected chi connectivity index (χ3v) is 6.74. The number of rotatable bonds is 2. The lowest BCUT2D eigenvalue weighted by Crippen LogP contribution is -2.28. The minimum atomic E-state index is -3.54. The number of sulfonamides is 1. The molecule has 1 aromatic carbocycles. The Morgan fingerprint density at radius 3 is 2.63 bits per heavy atom. The molecule has 19 heavy (non-hydrogen) atoms. The summed E-state index contributed by atoms with van der Waals surface area (Å²) in [6.07, 6.45) is 0.699. The molecule has 100 valence electrons. The molecule has 1 aromatic heterocycles. The second-order valence-corrected chi connectivity index (χ2v) is 8.40. The Kier molecular flexibility index (Phi) is 3.25. The van der Waals surface area contributed by atoms with Crippen LogP contribution < -0.4 is 4.31 Å². The number of hydrogen-bond acceptors (Lipinski definition) is 3. The van der Waals surface area contributed by atoms with Gasteiger partial charge in [0, 0.05) is 11.6 Å². The van der Waals surface area contributed by atoms with Gasteiger partial charge in [0.1, 0.15) is 4.21 Å². The fraction of sp³-hybridized carbons (Fsp3) is 0.167. The summed E-state index contributed by atoms with van der Waals surface area (Å²) in [5.41, 5.74) is 1.66. The third-order valence-electron chi connectivity index (χ3n) is 2.99. The summed E-state index contributed by atoms with van der Waals surface area (Å²) in [5, 5.41) is 0.532. The van der Waals surface area contributed by atoms with Gasteiger partial charge in [0.2, 0.25) is 0 Å². The average Bonchev–Trinajstić information content (AvgIpc) is 2.95. The molecule has 1 aliphatic heterocycles. The van der Waals surface area contributed by atoms with Gasteiger partial charge in [-0.2, -0.15) is 0 Å². The van der Waals surface area contributed by atoms with E-state index in [9.17, 15) is 8.42 Å². The molecule has 0 unspecified atom stereocenters. The van der Waals surface area contributed by atoms with Crippen LogP contribution in [0.3, 0.4) is 0 Å². The predicted octanol–water partition coefficient (Wildman–Crippen LogP) is 3.81. The molecule has 0 bridgehead atoms. The fourth-order valence-corrected chi connectivity index (χ4v) is 5.38. The largest absolute Gasteiger partial charge is 0.273 e. The van der Waals surface area contributed by atoms with Crippen LogP contribution in [0.1, 0.15) is 5.56 Å². The summed E-state index contributed by atoms with van der Waals surface area (Å²) in [4.78, 5) is 0. The van der Waals surface area contributed by atoms with E-state index in [0.717, 1.165) is 16.9 Å². The number of anilines is 1. The van der Waals surface area contributed by atoms with Crippen molar-refractivity contribution in [3.05, 3.63) is 45.3 Å². The monoisotopic (exact) mass is 333 g/mol. The SMILES string of the molecule is O=S(=O)(c1ccc(Cl)s1)N1CCc2ccc(Cl)cc21. The van der Waals surface area contributed by atoms with Gasteiger partial charge in [-0.25, -0.2) is 8.42 Å². The van der Waals surface area contributed by atoms with Crippen LogP contribution in [0.4, 0.5) is 5.69 Å². The van der Waals surface area contributed by atoms with Crippen molar-refractivity contribution in [3.63, 3.8) is 0 Å². The number of thiophene rings is 1. The molecule has 3 nitrogen and oxygen atoms in total. The number of nitrogens with zero attached hydrogens (tertiary/aromatic N) is 1. The molecule has 0 spiro atoms. The molecule has 0 amide bonds. The van der Waals surface area contributed by atoms with Gasteiger partial charge >= 0.3 is 0 Å². The molecular formula is C12H9Cl2NO2S2.